The highest BCUT2D eigenvalue weighted by Gasteiger charge is 2.37. The van der Waals surface area contributed by atoms with Crippen LogP contribution in [0.25, 0.3) is 11.3 Å². The molecular formula is C33H34N4O6. The fraction of sp³-hybridized carbons (Fsp3) is 0.303. The highest BCUT2D eigenvalue weighted by Crippen LogP contribution is 2.45. The number of nitrogens with zero attached hydrogens (tertiary/aromatic N) is 2. The van der Waals surface area contributed by atoms with Gasteiger partial charge in [0.05, 0.1) is 0 Å². The summed E-state index contributed by atoms with van der Waals surface area (Å²) in [4.78, 5) is 38.1. The van der Waals surface area contributed by atoms with Crippen LogP contribution in [0.1, 0.15) is 78.1 Å². The Labute approximate surface area is 249 Å². The molecule has 0 bridgehead atoms. The van der Waals surface area contributed by atoms with Crippen LogP contribution in [0, 0.1) is 5.21 Å². The van der Waals surface area contributed by atoms with Crippen molar-refractivity contribution >= 4 is 23.5 Å². The molecule has 2 N–H and O–H groups in total. The van der Waals surface area contributed by atoms with Crippen LogP contribution in [0.15, 0.2) is 77.4 Å². The van der Waals surface area contributed by atoms with E-state index in [0.717, 1.165) is 12.8 Å². The van der Waals surface area contributed by atoms with Crippen molar-refractivity contribution in [3.8, 4) is 11.3 Å². The third-order valence-corrected chi connectivity index (χ3v) is 8.03. The van der Waals surface area contributed by atoms with E-state index < -0.39 is 18.4 Å². The molecule has 10 heteroatoms. The van der Waals surface area contributed by atoms with Gasteiger partial charge < -0.3 is 20.6 Å². The molecule has 222 valence electrons. The number of anilines is 1. The molecular weight excluding hydrogens is 548 g/mol. The van der Waals surface area contributed by atoms with E-state index in [0.29, 0.717) is 22.4 Å². The molecule has 5 rings (SSSR count). The predicted molar refractivity (Wildman–Crippen MR) is 159 cm³/mol. The number of aromatic nitrogens is 2. The number of nitrogens with one attached hydrogen (secondary N) is 2. The van der Waals surface area contributed by atoms with Crippen LogP contribution in [0.3, 0.4) is 0 Å². The average molecular weight is 583 g/mol. The first-order valence-electron chi connectivity index (χ1n) is 14.1. The quantitative estimate of drug-likeness (QED) is 0.219. The molecule has 0 unspecified atom stereocenters. The first-order chi connectivity index (χ1) is 20.4. The molecule has 1 aliphatic rings. The highest BCUT2D eigenvalue weighted by molar-refractivity contribution is 6.05. The van der Waals surface area contributed by atoms with Crippen LogP contribution in [-0.2, 0) is 27.0 Å². The van der Waals surface area contributed by atoms with E-state index in [9.17, 15) is 19.6 Å². The number of benzene rings is 3. The van der Waals surface area contributed by atoms with Crippen molar-refractivity contribution in [1.29, 1.82) is 0 Å². The minimum Gasteiger partial charge on any atom is -0.455 e. The lowest BCUT2D eigenvalue weighted by Crippen LogP contribution is -2.34. The van der Waals surface area contributed by atoms with Crippen molar-refractivity contribution in [2.75, 3.05) is 11.9 Å². The first kappa shape index (κ1) is 29.5. The number of carbonyl (C=O) groups excluding carboxylic acids is 3. The van der Waals surface area contributed by atoms with Gasteiger partial charge in [0.2, 0.25) is 5.69 Å². The van der Waals surface area contributed by atoms with Crippen LogP contribution in [0.5, 0.6) is 0 Å². The number of hydrogen-bond donors (Lipinski definition) is 2. The zero-order valence-electron chi connectivity index (χ0n) is 24.6. The number of esters is 1. The van der Waals surface area contributed by atoms with Crippen molar-refractivity contribution < 1.29 is 28.7 Å². The number of hydrogen-bond acceptors (Lipinski definition) is 7. The SMILES string of the molecule is CC1(C)CCC(C)(C)c2cc(C(=O)Nc3ccc(C(=O)NCC(=O)OCc4c(-c5ccccc5)no[n+]4[O-])cc3)ccc21. The van der Waals surface area contributed by atoms with Crippen LogP contribution >= 0.6 is 0 Å². The molecule has 1 aliphatic carbocycles. The van der Waals surface area contributed by atoms with Crippen LogP contribution < -0.4 is 15.5 Å². The lowest BCUT2D eigenvalue weighted by molar-refractivity contribution is -0.808. The number of carbonyl (C=O) groups is 3. The largest absolute Gasteiger partial charge is 0.455 e. The normalized spacial score (nSPS) is 14.8. The number of ether oxygens (including phenoxy) is 1. The van der Waals surface area contributed by atoms with E-state index >= 15 is 0 Å². The van der Waals surface area contributed by atoms with Crippen molar-refractivity contribution in [1.82, 2.24) is 10.5 Å². The summed E-state index contributed by atoms with van der Waals surface area (Å²) in [5.74, 6) is -1.47. The van der Waals surface area contributed by atoms with Crippen molar-refractivity contribution in [2.24, 2.45) is 0 Å². The van der Waals surface area contributed by atoms with E-state index in [4.69, 9.17) is 4.74 Å². The Morgan fingerprint density at radius 1 is 0.884 bits per heavy atom. The van der Waals surface area contributed by atoms with Crippen LogP contribution in [0.2, 0.25) is 0 Å². The Morgan fingerprint density at radius 2 is 1.53 bits per heavy atom. The maximum atomic E-state index is 13.1. The molecule has 1 aromatic heterocycles. The second-order valence-corrected chi connectivity index (χ2v) is 12.0. The summed E-state index contributed by atoms with van der Waals surface area (Å²) in [6.07, 6.45) is 2.15. The van der Waals surface area contributed by atoms with Gasteiger partial charge in [0.1, 0.15) is 6.54 Å². The molecule has 0 saturated heterocycles. The third-order valence-electron chi connectivity index (χ3n) is 8.03. The van der Waals surface area contributed by atoms with Gasteiger partial charge in [-0.15, -0.1) is 0 Å². The van der Waals surface area contributed by atoms with Gasteiger partial charge in [-0.05, 0) is 76.1 Å². The maximum absolute atomic E-state index is 13.1. The van der Waals surface area contributed by atoms with Crippen molar-refractivity contribution in [3.63, 3.8) is 0 Å². The summed E-state index contributed by atoms with van der Waals surface area (Å²) < 4.78 is 9.82. The van der Waals surface area contributed by atoms with Crippen LogP contribution in [0.4, 0.5) is 5.69 Å². The van der Waals surface area contributed by atoms with E-state index in [1.807, 2.05) is 18.2 Å². The van der Waals surface area contributed by atoms with E-state index in [1.165, 1.54) is 11.1 Å². The summed E-state index contributed by atoms with van der Waals surface area (Å²) in [6.45, 7) is 8.13. The minimum atomic E-state index is -0.742. The molecule has 10 nitrogen and oxygen atoms in total. The molecule has 43 heavy (non-hydrogen) atoms. The highest BCUT2D eigenvalue weighted by atomic mass is 16.8. The summed E-state index contributed by atoms with van der Waals surface area (Å²) >= 11 is 0. The number of amides is 2. The molecule has 0 saturated carbocycles. The Hall–Kier alpha value is -4.99. The van der Waals surface area contributed by atoms with E-state index in [1.54, 1.807) is 48.5 Å². The standard InChI is InChI=1S/C33H34N4O6/c1-32(2)16-17-33(3,4)26-18-23(12-15-25(26)32)31(40)35-24-13-10-22(11-14-24)30(39)34-19-28(38)42-20-27-29(36-43-37(27)41)21-8-6-5-7-9-21/h5-15,18H,16-17,19-20H2,1-4H3,(H,34,39)(H,35,40). The summed E-state index contributed by atoms with van der Waals surface area (Å²) in [6, 6.07) is 21.1. The molecule has 1 heterocycles. The van der Waals surface area contributed by atoms with Gasteiger partial charge in [-0.1, -0.05) is 64.1 Å². The van der Waals surface area contributed by atoms with Crippen molar-refractivity contribution in [3.05, 3.63) is 106 Å². The Bertz CT molecular complexity index is 1660. The topological polar surface area (TPSA) is 137 Å². The summed E-state index contributed by atoms with van der Waals surface area (Å²) in [7, 11) is 0. The fourth-order valence-corrected chi connectivity index (χ4v) is 5.30. The average Bonchev–Trinajstić information content (AvgIpc) is 3.37. The van der Waals surface area contributed by atoms with Gasteiger partial charge in [-0.2, -0.15) is 0 Å². The third kappa shape index (κ3) is 6.43. The zero-order valence-corrected chi connectivity index (χ0v) is 24.6. The number of rotatable bonds is 8. The molecule has 0 spiro atoms. The Morgan fingerprint density at radius 3 is 2.23 bits per heavy atom. The minimum absolute atomic E-state index is 0.0118. The van der Waals surface area contributed by atoms with Gasteiger partial charge in [0.25, 0.3) is 17.5 Å². The van der Waals surface area contributed by atoms with Crippen molar-refractivity contribution in [2.45, 2.75) is 58.0 Å². The maximum Gasteiger partial charge on any atom is 0.325 e. The van der Waals surface area contributed by atoms with E-state index in [2.05, 4.69) is 54.2 Å². The molecule has 0 fully saturated rings. The lowest BCUT2D eigenvalue weighted by Gasteiger charge is -2.42. The lowest BCUT2D eigenvalue weighted by atomic mass is 9.63. The first-order valence-corrected chi connectivity index (χ1v) is 14.1. The van der Waals surface area contributed by atoms with Gasteiger partial charge in [-0.3, -0.25) is 19.0 Å². The predicted octanol–water partition coefficient (Wildman–Crippen LogP) is 5.05. The monoisotopic (exact) mass is 582 g/mol. The van der Waals surface area contributed by atoms with E-state index in [-0.39, 0.29) is 39.6 Å². The molecule has 0 atom stereocenters. The van der Waals surface area contributed by atoms with Crippen LogP contribution in [-0.4, -0.2) is 29.5 Å². The van der Waals surface area contributed by atoms with Gasteiger partial charge in [-0.25, -0.2) is 0 Å². The molecule has 0 aliphatic heterocycles. The smallest absolute Gasteiger partial charge is 0.325 e. The molecule has 0 radical (unpaired) electrons. The number of fused-ring (bicyclic) bond motifs is 1. The molecule has 3 aromatic carbocycles. The van der Waals surface area contributed by atoms with Gasteiger partial charge >= 0.3 is 5.97 Å². The summed E-state index contributed by atoms with van der Waals surface area (Å²) in [5, 5.41) is 21.1. The second-order valence-electron chi connectivity index (χ2n) is 12.0. The summed E-state index contributed by atoms with van der Waals surface area (Å²) in [5.41, 5.74) is 4.88. The Balaban J connectivity index is 1.14. The Kier molecular flexibility index (Phi) is 8.04. The van der Waals surface area contributed by atoms with Gasteiger partial charge in [0.15, 0.2) is 6.61 Å². The second kappa shape index (κ2) is 11.7. The molecule has 2 amide bonds. The zero-order chi connectivity index (χ0) is 30.8. The fourth-order valence-electron chi connectivity index (χ4n) is 5.30. The van der Waals surface area contributed by atoms with Gasteiger partial charge in [0, 0.05) is 27.5 Å². The molecule has 4 aromatic rings.